The number of hydrogen-bond donors (Lipinski definition) is 1. The third kappa shape index (κ3) is 1.52. The van der Waals surface area contributed by atoms with Gasteiger partial charge in [-0.3, -0.25) is 4.79 Å². The van der Waals surface area contributed by atoms with Gasteiger partial charge in [0.1, 0.15) is 0 Å². The first-order chi connectivity index (χ1) is 7.56. The van der Waals surface area contributed by atoms with E-state index in [0.717, 1.165) is 16.8 Å². The molecule has 1 aliphatic rings. The molecule has 2 unspecified atom stereocenters. The lowest BCUT2D eigenvalue weighted by molar-refractivity contribution is -0.118. The van der Waals surface area contributed by atoms with Gasteiger partial charge in [-0.2, -0.15) is 0 Å². The summed E-state index contributed by atoms with van der Waals surface area (Å²) in [6.45, 7) is 6.33. The van der Waals surface area contributed by atoms with Crippen molar-refractivity contribution in [3.05, 3.63) is 29.3 Å². The second-order valence-corrected chi connectivity index (χ2v) is 4.30. The zero-order chi connectivity index (χ0) is 11.9. The number of hydrogen-bond acceptors (Lipinski definition) is 2. The molecular weight excluding hydrogens is 202 g/mol. The van der Waals surface area contributed by atoms with Crippen LogP contribution >= 0.6 is 0 Å². The zero-order valence-corrected chi connectivity index (χ0v) is 9.90. The Morgan fingerprint density at radius 2 is 2.19 bits per heavy atom. The van der Waals surface area contributed by atoms with Gasteiger partial charge in [0, 0.05) is 12.2 Å². The summed E-state index contributed by atoms with van der Waals surface area (Å²) in [6, 6.07) is 5.76. The quantitative estimate of drug-likeness (QED) is 0.828. The van der Waals surface area contributed by atoms with Crippen LogP contribution in [0.15, 0.2) is 18.2 Å². The molecule has 0 fully saturated rings. The smallest absolute Gasteiger partial charge is 0.234 e. The summed E-state index contributed by atoms with van der Waals surface area (Å²) in [7, 11) is 0. The van der Waals surface area contributed by atoms with E-state index in [0.29, 0.717) is 6.54 Å². The van der Waals surface area contributed by atoms with Crippen LogP contribution in [0.5, 0.6) is 0 Å². The summed E-state index contributed by atoms with van der Waals surface area (Å²) in [5, 5.41) is 9.53. The van der Waals surface area contributed by atoms with Gasteiger partial charge in [0.05, 0.1) is 12.0 Å². The Hall–Kier alpha value is -1.35. The molecule has 0 saturated carbocycles. The molecule has 3 nitrogen and oxygen atoms in total. The van der Waals surface area contributed by atoms with Crippen molar-refractivity contribution in [2.24, 2.45) is 0 Å². The summed E-state index contributed by atoms with van der Waals surface area (Å²) >= 11 is 0. The number of rotatable bonds is 2. The van der Waals surface area contributed by atoms with Crippen molar-refractivity contribution in [1.29, 1.82) is 0 Å². The number of likely N-dealkylation sites (N-methyl/N-ethyl adjacent to an activating group) is 1. The predicted molar refractivity (Wildman–Crippen MR) is 63.5 cm³/mol. The van der Waals surface area contributed by atoms with Gasteiger partial charge in [0.25, 0.3) is 0 Å². The molecule has 86 valence electrons. The highest BCUT2D eigenvalue weighted by Crippen LogP contribution is 2.38. The lowest BCUT2D eigenvalue weighted by Crippen LogP contribution is -2.27. The van der Waals surface area contributed by atoms with E-state index in [1.54, 1.807) is 11.8 Å². The van der Waals surface area contributed by atoms with Crippen LogP contribution < -0.4 is 4.90 Å². The molecule has 1 aliphatic heterocycles. The molecule has 16 heavy (non-hydrogen) atoms. The molecule has 1 aromatic carbocycles. The topological polar surface area (TPSA) is 40.5 Å². The van der Waals surface area contributed by atoms with Gasteiger partial charge in [-0.15, -0.1) is 0 Å². The minimum atomic E-state index is -0.483. The lowest BCUT2D eigenvalue weighted by atomic mass is 9.99. The second kappa shape index (κ2) is 3.91. The van der Waals surface area contributed by atoms with E-state index in [9.17, 15) is 9.90 Å². The van der Waals surface area contributed by atoms with Crippen LogP contribution in [0.2, 0.25) is 0 Å². The Morgan fingerprint density at radius 3 is 2.75 bits per heavy atom. The maximum atomic E-state index is 11.9. The average Bonchev–Trinajstić information content (AvgIpc) is 2.51. The maximum absolute atomic E-state index is 11.9. The van der Waals surface area contributed by atoms with E-state index in [4.69, 9.17) is 0 Å². The fraction of sp³-hybridized carbons (Fsp3) is 0.462. The number of carbonyl (C=O) groups is 1. The van der Waals surface area contributed by atoms with E-state index in [1.807, 2.05) is 32.0 Å². The van der Waals surface area contributed by atoms with E-state index in [2.05, 4.69) is 0 Å². The summed E-state index contributed by atoms with van der Waals surface area (Å²) in [4.78, 5) is 13.7. The van der Waals surface area contributed by atoms with Crippen molar-refractivity contribution in [3.63, 3.8) is 0 Å². The van der Waals surface area contributed by atoms with Crippen LogP contribution in [-0.2, 0) is 4.79 Å². The largest absolute Gasteiger partial charge is 0.389 e. The van der Waals surface area contributed by atoms with Crippen molar-refractivity contribution in [2.75, 3.05) is 11.4 Å². The highest BCUT2D eigenvalue weighted by Gasteiger charge is 2.33. The standard InChI is InChI=1S/C13H17NO2/c1-4-14-12-6-5-10(9(3)15)7-11(12)8(2)13(14)16/h5-9,15H,4H2,1-3H3. The first kappa shape index (κ1) is 11.1. The normalized spacial score (nSPS) is 21.1. The minimum absolute atomic E-state index is 0.0892. The molecule has 1 heterocycles. The number of benzene rings is 1. The molecule has 1 aromatic rings. The number of aliphatic hydroxyl groups excluding tert-OH is 1. The summed E-state index contributed by atoms with van der Waals surface area (Å²) in [5.41, 5.74) is 2.89. The molecule has 1 amide bonds. The monoisotopic (exact) mass is 219 g/mol. The van der Waals surface area contributed by atoms with Gasteiger partial charge in [-0.05, 0) is 38.0 Å². The molecule has 0 bridgehead atoms. The minimum Gasteiger partial charge on any atom is -0.389 e. The molecular formula is C13H17NO2. The van der Waals surface area contributed by atoms with Gasteiger partial charge in [0.15, 0.2) is 0 Å². The third-order valence-corrected chi connectivity index (χ3v) is 3.24. The molecule has 0 aliphatic carbocycles. The Kier molecular flexibility index (Phi) is 2.72. The summed E-state index contributed by atoms with van der Waals surface area (Å²) in [6.07, 6.45) is -0.483. The fourth-order valence-corrected chi connectivity index (χ4v) is 2.24. The second-order valence-electron chi connectivity index (χ2n) is 4.30. The Balaban J connectivity index is 2.49. The molecule has 2 rings (SSSR count). The van der Waals surface area contributed by atoms with Crippen molar-refractivity contribution < 1.29 is 9.90 Å². The first-order valence-electron chi connectivity index (χ1n) is 5.69. The predicted octanol–water partition coefficient (Wildman–Crippen LogP) is 2.21. The number of aliphatic hydroxyl groups is 1. The zero-order valence-electron chi connectivity index (χ0n) is 9.90. The number of nitrogens with zero attached hydrogens (tertiary/aromatic N) is 1. The number of amides is 1. The van der Waals surface area contributed by atoms with E-state index in [1.165, 1.54) is 0 Å². The molecule has 0 spiro atoms. The molecule has 0 saturated heterocycles. The van der Waals surface area contributed by atoms with Crippen molar-refractivity contribution in [3.8, 4) is 0 Å². The summed E-state index contributed by atoms with van der Waals surface area (Å²) in [5.74, 6) is 0.0638. The highest BCUT2D eigenvalue weighted by molar-refractivity contribution is 6.04. The van der Waals surface area contributed by atoms with Crippen LogP contribution in [0.25, 0.3) is 0 Å². The van der Waals surface area contributed by atoms with Gasteiger partial charge in [-0.1, -0.05) is 12.1 Å². The Labute approximate surface area is 95.7 Å². The SMILES string of the molecule is CCN1C(=O)C(C)c2cc(C(C)O)ccc21. The first-order valence-corrected chi connectivity index (χ1v) is 5.69. The van der Waals surface area contributed by atoms with Crippen LogP contribution in [-0.4, -0.2) is 17.6 Å². The van der Waals surface area contributed by atoms with Crippen LogP contribution in [0.1, 0.15) is 43.9 Å². The Bertz CT molecular complexity index is 426. The molecule has 2 atom stereocenters. The maximum Gasteiger partial charge on any atom is 0.234 e. The van der Waals surface area contributed by atoms with Crippen molar-refractivity contribution in [2.45, 2.75) is 32.8 Å². The van der Waals surface area contributed by atoms with E-state index >= 15 is 0 Å². The van der Waals surface area contributed by atoms with E-state index < -0.39 is 6.10 Å². The molecule has 1 N–H and O–H groups in total. The van der Waals surface area contributed by atoms with Gasteiger partial charge >= 0.3 is 0 Å². The summed E-state index contributed by atoms with van der Waals surface area (Å²) < 4.78 is 0. The molecule has 0 aromatic heterocycles. The van der Waals surface area contributed by atoms with Gasteiger partial charge < -0.3 is 10.0 Å². The van der Waals surface area contributed by atoms with Crippen molar-refractivity contribution in [1.82, 2.24) is 0 Å². The number of fused-ring (bicyclic) bond motifs is 1. The third-order valence-electron chi connectivity index (χ3n) is 3.24. The van der Waals surface area contributed by atoms with E-state index in [-0.39, 0.29) is 11.8 Å². The molecule has 0 radical (unpaired) electrons. The fourth-order valence-electron chi connectivity index (χ4n) is 2.24. The van der Waals surface area contributed by atoms with Crippen LogP contribution in [0.3, 0.4) is 0 Å². The van der Waals surface area contributed by atoms with Gasteiger partial charge in [-0.25, -0.2) is 0 Å². The van der Waals surface area contributed by atoms with Crippen LogP contribution in [0, 0.1) is 0 Å². The highest BCUT2D eigenvalue weighted by atomic mass is 16.3. The molecule has 3 heteroatoms. The average molecular weight is 219 g/mol. The number of carbonyl (C=O) groups excluding carboxylic acids is 1. The van der Waals surface area contributed by atoms with Crippen LogP contribution in [0.4, 0.5) is 5.69 Å². The Morgan fingerprint density at radius 1 is 1.50 bits per heavy atom. The van der Waals surface area contributed by atoms with Gasteiger partial charge in [0.2, 0.25) is 5.91 Å². The lowest BCUT2D eigenvalue weighted by Gasteiger charge is -2.15. The number of anilines is 1. The van der Waals surface area contributed by atoms with Crippen molar-refractivity contribution >= 4 is 11.6 Å².